The van der Waals surface area contributed by atoms with Gasteiger partial charge in [-0.15, -0.1) is 0 Å². The van der Waals surface area contributed by atoms with Crippen LogP contribution in [0.25, 0.3) is 11.0 Å². The summed E-state index contributed by atoms with van der Waals surface area (Å²) in [6, 6.07) is 6.24. The predicted octanol–water partition coefficient (Wildman–Crippen LogP) is 0.379. The van der Waals surface area contributed by atoms with E-state index in [0.29, 0.717) is 5.52 Å². The van der Waals surface area contributed by atoms with E-state index in [1.54, 1.807) is 12.1 Å². The van der Waals surface area contributed by atoms with Gasteiger partial charge in [0, 0.05) is 0 Å². The predicted molar refractivity (Wildman–Crippen MR) is 73.8 cm³/mol. The highest BCUT2D eigenvalue weighted by molar-refractivity contribution is 7.89. The van der Waals surface area contributed by atoms with E-state index >= 15 is 0 Å². The first-order valence-corrected chi connectivity index (χ1v) is 7.83. The van der Waals surface area contributed by atoms with Gasteiger partial charge in [-0.1, -0.05) is 6.07 Å². The number of hydrogen-bond donors (Lipinski definition) is 0. The Bertz CT molecular complexity index is 809. The average molecular weight is 326 g/mol. The van der Waals surface area contributed by atoms with Gasteiger partial charge in [0.25, 0.3) is 0 Å². The maximum absolute atomic E-state index is 12.6. The molecule has 2 rings (SSSR count). The molecule has 0 radical (unpaired) electrons. The number of carbonyl (C=O) groups excluding carboxylic acids is 1. The molecule has 21 heavy (non-hydrogen) atoms. The van der Waals surface area contributed by atoms with Crippen LogP contribution < -0.4 is 0 Å². The summed E-state index contributed by atoms with van der Waals surface area (Å²) in [5, 5.41) is 8.77. The Labute approximate surface area is 124 Å². The van der Waals surface area contributed by atoms with Crippen LogP contribution in [0.5, 0.6) is 0 Å². The molecule has 0 saturated heterocycles. The summed E-state index contributed by atoms with van der Waals surface area (Å²) in [5.41, 5.74) is 0.659. The molecule has 0 saturated carbocycles. The lowest BCUT2D eigenvalue weighted by atomic mass is 10.3. The zero-order valence-electron chi connectivity index (χ0n) is 10.9. The number of ether oxygens (including phenoxy) is 1. The van der Waals surface area contributed by atoms with Crippen molar-refractivity contribution in [2.75, 3.05) is 20.2 Å². The molecule has 110 valence electrons. The van der Waals surface area contributed by atoms with Crippen LogP contribution in [-0.4, -0.2) is 47.6 Å². The normalized spacial score (nSPS) is 11.5. The molecule has 2 aromatic rings. The Morgan fingerprint density at radius 3 is 2.90 bits per heavy atom. The molecule has 0 N–H and O–H groups in total. The molecule has 0 spiro atoms. The minimum absolute atomic E-state index is 0.0899. The number of esters is 1. The van der Waals surface area contributed by atoms with Crippen molar-refractivity contribution in [1.29, 1.82) is 5.26 Å². The summed E-state index contributed by atoms with van der Waals surface area (Å²) in [4.78, 5) is 11.2. The number of sulfonamides is 1. The van der Waals surface area contributed by atoms with E-state index in [1.807, 2.05) is 0 Å². The van der Waals surface area contributed by atoms with Crippen molar-refractivity contribution in [3.63, 3.8) is 0 Å². The zero-order chi connectivity index (χ0) is 15.5. The lowest BCUT2D eigenvalue weighted by Gasteiger charge is -2.17. The number of aromatic nitrogens is 2. The number of rotatable bonds is 5. The monoisotopic (exact) mass is 326 g/mol. The van der Waals surface area contributed by atoms with Gasteiger partial charge in [-0.2, -0.15) is 18.3 Å². The largest absolute Gasteiger partial charge is 0.468 e. The van der Waals surface area contributed by atoms with Crippen molar-refractivity contribution < 1.29 is 17.9 Å². The average Bonchev–Trinajstić information content (AvgIpc) is 2.94. The minimum Gasteiger partial charge on any atom is -0.468 e. The molecule has 0 fully saturated rings. The van der Waals surface area contributed by atoms with Crippen LogP contribution in [0.4, 0.5) is 0 Å². The fraction of sp³-hybridized carbons (Fsp3) is 0.273. The molecule has 1 aromatic carbocycles. The molecule has 1 aromatic heterocycles. The lowest BCUT2D eigenvalue weighted by molar-refractivity contribution is -0.140. The number of nitrogens with zero attached hydrogens (tertiary/aromatic N) is 4. The SMILES string of the molecule is COC(=O)CN(CC#N)S(=O)(=O)c1cccc2nsnc12. The highest BCUT2D eigenvalue weighted by atomic mass is 32.2. The molecular weight excluding hydrogens is 316 g/mol. The lowest BCUT2D eigenvalue weighted by Crippen LogP contribution is -2.36. The highest BCUT2D eigenvalue weighted by Crippen LogP contribution is 2.24. The first kappa shape index (κ1) is 15.3. The number of hydrogen-bond acceptors (Lipinski definition) is 8. The van der Waals surface area contributed by atoms with Gasteiger partial charge in [-0.05, 0) is 12.1 Å². The van der Waals surface area contributed by atoms with Gasteiger partial charge in [0.15, 0.2) is 0 Å². The van der Waals surface area contributed by atoms with E-state index < -0.39 is 29.1 Å². The Balaban J connectivity index is 2.50. The van der Waals surface area contributed by atoms with Crippen LogP contribution in [0.1, 0.15) is 0 Å². The summed E-state index contributed by atoms with van der Waals surface area (Å²) in [5.74, 6) is -0.752. The second-order valence-electron chi connectivity index (χ2n) is 3.90. The van der Waals surface area contributed by atoms with Crippen molar-refractivity contribution >= 4 is 38.8 Å². The van der Waals surface area contributed by atoms with E-state index in [2.05, 4.69) is 13.5 Å². The number of carbonyl (C=O) groups is 1. The second kappa shape index (κ2) is 6.13. The van der Waals surface area contributed by atoms with E-state index in [-0.39, 0.29) is 10.4 Å². The molecule has 0 amide bonds. The van der Waals surface area contributed by atoms with Gasteiger partial charge in [0.05, 0.1) is 24.9 Å². The molecule has 0 unspecified atom stereocenters. The van der Waals surface area contributed by atoms with Gasteiger partial charge in [-0.25, -0.2) is 8.42 Å². The number of methoxy groups -OCH3 is 1. The molecular formula is C11H10N4O4S2. The quantitative estimate of drug-likeness (QED) is 0.576. The summed E-state index contributed by atoms with van der Waals surface area (Å²) in [7, 11) is -2.91. The molecule has 10 heteroatoms. The summed E-state index contributed by atoms with van der Waals surface area (Å²) >= 11 is 0.887. The molecule has 8 nitrogen and oxygen atoms in total. The Morgan fingerprint density at radius 1 is 1.48 bits per heavy atom. The van der Waals surface area contributed by atoms with Gasteiger partial charge in [0.1, 0.15) is 29.0 Å². The van der Waals surface area contributed by atoms with E-state index in [1.165, 1.54) is 12.1 Å². The van der Waals surface area contributed by atoms with E-state index in [9.17, 15) is 13.2 Å². The molecule has 0 bridgehead atoms. The highest BCUT2D eigenvalue weighted by Gasteiger charge is 2.29. The molecule has 0 atom stereocenters. The maximum atomic E-state index is 12.6. The van der Waals surface area contributed by atoms with Crippen molar-refractivity contribution in [2.24, 2.45) is 0 Å². The first-order valence-electron chi connectivity index (χ1n) is 5.66. The van der Waals surface area contributed by atoms with Gasteiger partial charge in [0.2, 0.25) is 10.0 Å². The molecule has 0 aliphatic carbocycles. The van der Waals surface area contributed by atoms with Gasteiger partial charge >= 0.3 is 5.97 Å². The van der Waals surface area contributed by atoms with Crippen molar-refractivity contribution in [3.8, 4) is 6.07 Å². The van der Waals surface area contributed by atoms with Crippen molar-refractivity contribution in [3.05, 3.63) is 18.2 Å². The van der Waals surface area contributed by atoms with Crippen LogP contribution in [0.3, 0.4) is 0 Å². The van der Waals surface area contributed by atoms with E-state index in [0.717, 1.165) is 23.1 Å². The van der Waals surface area contributed by atoms with Gasteiger partial charge in [-0.3, -0.25) is 4.79 Å². The third-order valence-corrected chi connectivity index (χ3v) is 5.01. The second-order valence-corrected chi connectivity index (χ2v) is 6.33. The standard InChI is InChI=1S/C11H10N4O4S2/c1-19-10(16)7-15(6-5-12)21(17,18)9-4-2-3-8-11(9)14-20-13-8/h2-4H,6-7H2,1H3. The Hall–Kier alpha value is -2.09. The third-order valence-electron chi connectivity index (χ3n) is 2.65. The fourth-order valence-electron chi connectivity index (χ4n) is 1.64. The van der Waals surface area contributed by atoms with Crippen LogP contribution in [-0.2, 0) is 19.6 Å². The fourth-order valence-corrected chi connectivity index (χ4v) is 3.68. The molecule has 0 aliphatic rings. The zero-order valence-corrected chi connectivity index (χ0v) is 12.5. The van der Waals surface area contributed by atoms with Crippen LogP contribution in [0.2, 0.25) is 0 Å². The first-order chi connectivity index (χ1) is 10.0. The Morgan fingerprint density at radius 2 is 2.24 bits per heavy atom. The smallest absolute Gasteiger partial charge is 0.321 e. The molecule has 1 heterocycles. The van der Waals surface area contributed by atoms with Crippen LogP contribution in [0, 0.1) is 11.3 Å². The topological polar surface area (TPSA) is 113 Å². The summed E-state index contributed by atoms with van der Waals surface area (Å²) in [6.07, 6.45) is 0. The van der Waals surface area contributed by atoms with E-state index in [4.69, 9.17) is 5.26 Å². The minimum atomic E-state index is -4.05. The third kappa shape index (κ3) is 2.99. The molecule has 0 aliphatic heterocycles. The van der Waals surface area contributed by atoms with Crippen LogP contribution in [0.15, 0.2) is 23.1 Å². The van der Waals surface area contributed by atoms with Gasteiger partial charge < -0.3 is 4.74 Å². The van der Waals surface area contributed by atoms with Crippen molar-refractivity contribution in [1.82, 2.24) is 13.1 Å². The number of fused-ring (bicyclic) bond motifs is 1. The van der Waals surface area contributed by atoms with Crippen LogP contribution >= 0.6 is 11.7 Å². The summed E-state index contributed by atoms with van der Waals surface area (Å²) in [6.45, 7) is -1.01. The Kier molecular flexibility index (Phi) is 4.46. The number of benzene rings is 1. The van der Waals surface area contributed by atoms with Crippen molar-refractivity contribution in [2.45, 2.75) is 4.90 Å². The number of nitriles is 1. The maximum Gasteiger partial charge on any atom is 0.321 e. The summed E-state index contributed by atoms with van der Waals surface area (Å²) < 4.78 is 38.3.